The molecule has 1 amide bonds. The normalized spacial score (nSPS) is 11.2. The smallest absolute Gasteiger partial charge is 0.264 e. The standard InChI is InChI=1S/C21H19ClFN3O3S/c1-25(14-15-4-3-11-24-13-15)21(27)19-12-18(9-10-20(19)22)30(28,29)26(2)17-7-5-16(23)6-8-17/h3-13H,14H2,1-2H3. The van der Waals surface area contributed by atoms with Gasteiger partial charge >= 0.3 is 0 Å². The number of hydrogen-bond donors (Lipinski definition) is 0. The van der Waals surface area contributed by atoms with Gasteiger partial charge in [-0.1, -0.05) is 17.7 Å². The lowest BCUT2D eigenvalue weighted by Crippen LogP contribution is -2.28. The number of halogens is 2. The zero-order valence-electron chi connectivity index (χ0n) is 16.3. The van der Waals surface area contributed by atoms with Gasteiger partial charge in [0, 0.05) is 33.0 Å². The molecular weight excluding hydrogens is 429 g/mol. The molecule has 0 fully saturated rings. The van der Waals surface area contributed by atoms with E-state index in [1.54, 1.807) is 25.5 Å². The minimum absolute atomic E-state index is 0.0663. The summed E-state index contributed by atoms with van der Waals surface area (Å²) in [6, 6.07) is 12.6. The number of amides is 1. The number of carbonyl (C=O) groups excluding carboxylic acids is 1. The predicted octanol–water partition coefficient (Wildman–Crippen LogP) is 3.97. The van der Waals surface area contributed by atoms with Crippen LogP contribution in [0.3, 0.4) is 0 Å². The van der Waals surface area contributed by atoms with Gasteiger partial charge in [-0.3, -0.25) is 14.1 Å². The lowest BCUT2D eigenvalue weighted by Gasteiger charge is -2.21. The van der Waals surface area contributed by atoms with Crippen LogP contribution in [0.2, 0.25) is 5.02 Å². The molecule has 0 bridgehead atoms. The van der Waals surface area contributed by atoms with Crippen LogP contribution in [0.25, 0.3) is 0 Å². The van der Waals surface area contributed by atoms with E-state index in [4.69, 9.17) is 11.6 Å². The van der Waals surface area contributed by atoms with Crippen molar-refractivity contribution in [1.29, 1.82) is 0 Å². The minimum Gasteiger partial charge on any atom is -0.337 e. The average molecular weight is 448 g/mol. The van der Waals surface area contributed by atoms with Gasteiger partial charge in [0.25, 0.3) is 15.9 Å². The van der Waals surface area contributed by atoms with Crippen molar-refractivity contribution in [3.8, 4) is 0 Å². The van der Waals surface area contributed by atoms with E-state index in [-0.39, 0.29) is 27.7 Å². The third-order valence-electron chi connectivity index (χ3n) is 4.51. The molecule has 0 saturated heterocycles. The summed E-state index contributed by atoms with van der Waals surface area (Å²) in [6.07, 6.45) is 3.28. The Balaban J connectivity index is 1.90. The number of sulfonamides is 1. The fourth-order valence-corrected chi connectivity index (χ4v) is 4.24. The molecule has 0 radical (unpaired) electrons. The highest BCUT2D eigenvalue weighted by atomic mass is 35.5. The summed E-state index contributed by atoms with van der Waals surface area (Å²) >= 11 is 6.19. The second kappa shape index (κ2) is 8.81. The second-order valence-electron chi connectivity index (χ2n) is 6.61. The van der Waals surface area contributed by atoms with E-state index in [1.807, 2.05) is 6.07 Å². The van der Waals surface area contributed by atoms with Gasteiger partial charge in [0.15, 0.2) is 0 Å². The summed E-state index contributed by atoms with van der Waals surface area (Å²) in [5.74, 6) is -0.897. The monoisotopic (exact) mass is 447 g/mol. The largest absolute Gasteiger partial charge is 0.337 e. The van der Waals surface area contributed by atoms with E-state index in [0.29, 0.717) is 0 Å². The summed E-state index contributed by atoms with van der Waals surface area (Å²) in [4.78, 5) is 18.2. The third kappa shape index (κ3) is 4.60. The molecule has 156 valence electrons. The SMILES string of the molecule is CN(Cc1cccnc1)C(=O)c1cc(S(=O)(=O)N(C)c2ccc(F)cc2)ccc1Cl. The first kappa shape index (κ1) is 21.7. The number of pyridine rings is 1. The quantitative estimate of drug-likeness (QED) is 0.573. The topological polar surface area (TPSA) is 70.6 Å². The van der Waals surface area contributed by atoms with Gasteiger partial charge in [-0.05, 0) is 54.1 Å². The first-order valence-corrected chi connectivity index (χ1v) is 10.7. The van der Waals surface area contributed by atoms with Gasteiger partial charge in [-0.25, -0.2) is 12.8 Å². The van der Waals surface area contributed by atoms with Crippen molar-refractivity contribution in [2.45, 2.75) is 11.4 Å². The van der Waals surface area contributed by atoms with Crippen molar-refractivity contribution in [3.05, 3.63) is 89.0 Å². The van der Waals surface area contributed by atoms with Crippen LogP contribution in [0, 0.1) is 5.82 Å². The maximum atomic E-state index is 13.2. The van der Waals surface area contributed by atoms with Gasteiger partial charge in [-0.2, -0.15) is 0 Å². The Morgan fingerprint density at radius 1 is 1.10 bits per heavy atom. The van der Waals surface area contributed by atoms with Crippen LogP contribution in [0.4, 0.5) is 10.1 Å². The van der Waals surface area contributed by atoms with Gasteiger partial charge in [0.05, 0.1) is 21.2 Å². The van der Waals surface area contributed by atoms with Gasteiger partial charge in [-0.15, -0.1) is 0 Å². The highest BCUT2D eigenvalue weighted by molar-refractivity contribution is 7.92. The van der Waals surface area contributed by atoms with Crippen molar-refractivity contribution >= 4 is 33.2 Å². The molecular formula is C21H19ClFN3O3S. The van der Waals surface area contributed by atoms with Crippen molar-refractivity contribution < 1.29 is 17.6 Å². The first-order chi connectivity index (χ1) is 14.2. The zero-order chi connectivity index (χ0) is 21.9. The average Bonchev–Trinajstić information content (AvgIpc) is 2.74. The lowest BCUT2D eigenvalue weighted by molar-refractivity contribution is 0.0785. The van der Waals surface area contributed by atoms with Crippen LogP contribution in [0.15, 0.2) is 71.9 Å². The van der Waals surface area contributed by atoms with Gasteiger partial charge in [0.1, 0.15) is 5.82 Å². The molecule has 1 heterocycles. The Morgan fingerprint density at radius 3 is 2.43 bits per heavy atom. The fraction of sp³-hybridized carbons (Fsp3) is 0.143. The molecule has 1 aromatic heterocycles. The van der Waals surface area contributed by atoms with Crippen LogP contribution < -0.4 is 4.31 Å². The maximum Gasteiger partial charge on any atom is 0.264 e. The van der Waals surface area contributed by atoms with Crippen LogP contribution in [-0.2, 0) is 16.6 Å². The number of aromatic nitrogens is 1. The maximum absolute atomic E-state index is 13.2. The Hall–Kier alpha value is -2.97. The van der Waals surface area contributed by atoms with E-state index in [1.165, 1.54) is 54.4 Å². The first-order valence-electron chi connectivity index (χ1n) is 8.88. The summed E-state index contributed by atoms with van der Waals surface area (Å²) in [5.41, 5.74) is 1.17. The van der Waals surface area contributed by atoms with Crippen LogP contribution in [-0.4, -0.2) is 38.3 Å². The molecule has 0 N–H and O–H groups in total. The van der Waals surface area contributed by atoms with Crippen molar-refractivity contribution in [3.63, 3.8) is 0 Å². The number of benzene rings is 2. The number of anilines is 1. The van der Waals surface area contributed by atoms with Crippen LogP contribution >= 0.6 is 11.6 Å². The van der Waals surface area contributed by atoms with E-state index in [2.05, 4.69) is 4.98 Å². The Bertz CT molecular complexity index is 1160. The predicted molar refractivity (Wildman–Crippen MR) is 113 cm³/mol. The Labute approximate surface area is 179 Å². The molecule has 30 heavy (non-hydrogen) atoms. The van der Waals surface area contributed by atoms with E-state index in [0.717, 1.165) is 9.87 Å². The molecule has 0 unspecified atom stereocenters. The van der Waals surface area contributed by atoms with Crippen molar-refractivity contribution in [1.82, 2.24) is 9.88 Å². The fourth-order valence-electron chi connectivity index (χ4n) is 2.82. The summed E-state index contributed by atoms with van der Waals surface area (Å²) in [6.45, 7) is 0.287. The van der Waals surface area contributed by atoms with E-state index < -0.39 is 21.7 Å². The number of rotatable bonds is 6. The molecule has 0 spiro atoms. The van der Waals surface area contributed by atoms with E-state index in [9.17, 15) is 17.6 Å². The Kier molecular flexibility index (Phi) is 6.38. The summed E-state index contributed by atoms with van der Waals surface area (Å²) in [7, 11) is -1.04. The van der Waals surface area contributed by atoms with Crippen LogP contribution in [0.5, 0.6) is 0 Å². The number of carbonyl (C=O) groups is 1. The molecule has 9 heteroatoms. The van der Waals surface area contributed by atoms with Gasteiger partial charge < -0.3 is 4.90 Å². The number of hydrogen-bond acceptors (Lipinski definition) is 4. The molecule has 2 aromatic carbocycles. The highest BCUT2D eigenvalue weighted by Gasteiger charge is 2.25. The molecule has 3 aromatic rings. The molecule has 3 rings (SSSR count). The summed E-state index contributed by atoms with van der Waals surface area (Å²) in [5, 5.41) is 0.140. The number of nitrogens with zero attached hydrogens (tertiary/aromatic N) is 3. The van der Waals surface area contributed by atoms with E-state index >= 15 is 0 Å². The van der Waals surface area contributed by atoms with Crippen molar-refractivity contribution in [2.75, 3.05) is 18.4 Å². The molecule has 0 atom stereocenters. The van der Waals surface area contributed by atoms with Crippen LogP contribution in [0.1, 0.15) is 15.9 Å². The molecule has 0 aliphatic rings. The third-order valence-corrected chi connectivity index (χ3v) is 6.62. The lowest BCUT2D eigenvalue weighted by atomic mass is 10.2. The molecule has 0 saturated carbocycles. The van der Waals surface area contributed by atoms with Crippen molar-refractivity contribution in [2.24, 2.45) is 0 Å². The highest BCUT2D eigenvalue weighted by Crippen LogP contribution is 2.26. The second-order valence-corrected chi connectivity index (χ2v) is 8.99. The van der Waals surface area contributed by atoms with Gasteiger partial charge in [0.2, 0.25) is 0 Å². The molecule has 6 nitrogen and oxygen atoms in total. The summed E-state index contributed by atoms with van der Waals surface area (Å²) < 4.78 is 40.2. The Morgan fingerprint density at radius 2 is 1.80 bits per heavy atom. The molecule has 0 aliphatic heterocycles. The zero-order valence-corrected chi connectivity index (χ0v) is 17.9. The molecule has 0 aliphatic carbocycles. The minimum atomic E-state index is -3.99.